The van der Waals surface area contributed by atoms with E-state index < -0.39 is 0 Å². The van der Waals surface area contributed by atoms with Crippen LogP contribution in [0.5, 0.6) is 0 Å². The van der Waals surface area contributed by atoms with Gasteiger partial charge in [0.25, 0.3) is 0 Å². The molecule has 0 saturated heterocycles. The Kier molecular flexibility index (Phi) is 5.64. The Bertz CT molecular complexity index is 864. The van der Waals surface area contributed by atoms with Gasteiger partial charge in [-0.15, -0.1) is 0 Å². The van der Waals surface area contributed by atoms with E-state index in [1.165, 1.54) is 0 Å². The van der Waals surface area contributed by atoms with Crippen LogP contribution in [0.25, 0.3) is 10.9 Å². The molecule has 1 heterocycles. The summed E-state index contributed by atoms with van der Waals surface area (Å²) in [4.78, 5) is 18.7. The average molecular weight is 354 g/mol. The van der Waals surface area contributed by atoms with E-state index in [1.54, 1.807) is 6.20 Å². The van der Waals surface area contributed by atoms with Crippen molar-refractivity contribution in [3.63, 3.8) is 0 Å². The molecule has 0 spiro atoms. The Morgan fingerprint density at radius 1 is 1.16 bits per heavy atom. The van der Waals surface area contributed by atoms with Gasteiger partial charge < -0.3 is 5.32 Å². The second-order valence-corrected chi connectivity index (χ2v) is 6.33. The van der Waals surface area contributed by atoms with Gasteiger partial charge in [-0.25, -0.2) is 0 Å². The lowest BCUT2D eigenvalue weighted by atomic mass is 10.2. The summed E-state index contributed by atoms with van der Waals surface area (Å²) < 4.78 is 0. The van der Waals surface area contributed by atoms with Crippen LogP contribution < -0.4 is 5.32 Å². The van der Waals surface area contributed by atoms with E-state index in [0.29, 0.717) is 13.1 Å². The summed E-state index contributed by atoms with van der Waals surface area (Å²) in [6.45, 7) is 3.88. The number of nitrogens with one attached hydrogen (secondary N) is 1. The lowest BCUT2D eigenvalue weighted by Crippen LogP contribution is -2.32. The number of hydrogen-bond acceptors (Lipinski definition) is 3. The lowest BCUT2D eigenvalue weighted by Gasteiger charge is -2.20. The van der Waals surface area contributed by atoms with Crippen molar-refractivity contribution in [2.24, 2.45) is 0 Å². The van der Waals surface area contributed by atoms with Gasteiger partial charge in [0.05, 0.1) is 12.1 Å². The first-order chi connectivity index (χ1) is 12.1. The zero-order chi connectivity index (χ0) is 17.6. The number of fused-ring (bicyclic) bond motifs is 1. The number of nitrogens with zero attached hydrogens (tertiary/aromatic N) is 2. The van der Waals surface area contributed by atoms with E-state index in [4.69, 9.17) is 11.6 Å². The summed E-state index contributed by atoms with van der Waals surface area (Å²) in [5.41, 5.74) is 2.84. The molecule has 1 amide bonds. The van der Waals surface area contributed by atoms with Crippen LogP contribution in [0.4, 0.5) is 5.69 Å². The average Bonchev–Trinajstić information content (AvgIpc) is 2.63. The number of hydrogen-bond donors (Lipinski definition) is 1. The van der Waals surface area contributed by atoms with Crippen molar-refractivity contribution in [3.05, 3.63) is 71.4 Å². The molecule has 0 aliphatic rings. The maximum absolute atomic E-state index is 12.4. The van der Waals surface area contributed by atoms with Crippen LogP contribution >= 0.6 is 11.6 Å². The number of anilines is 1. The van der Waals surface area contributed by atoms with Crippen molar-refractivity contribution in [1.29, 1.82) is 0 Å². The van der Waals surface area contributed by atoms with Crippen molar-refractivity contribution in [2.45, 2.75) is 13.5 Å². The van der Waals surface area contributed by atoms with Crippen LogP contribution in [-0.2, 0) is 11.3 Å². The number of carbonyl (C=O) groups excluding carboxylic acids is 1. The van der Waals surface area contributed by atoms with Gasteiger partial charge in [0.2, 0.25) is 5.91 Å². The van der Waals surface area contributed by atoms with Crippen molar-refractivity contribution in [1.82, 2.24) is 9.88 Å². The second kappa shape index (κ2) is 8.10. The zero-order valence-electron chi connectivity index (χ0n) is 14.1. The van der Waals surface area contributed by atoms with Crippen LogP contribution in [0.2, 0.25) is 5.02 Å². The van der Waals surface area contributed by atoms with Crippen molar-refractivity contribution >= 4 is 34.1 Å². The topological polar surface area (TPSA) is 45.2 Å². The van der Waals surface area contributed by atoms with E-state index in [1.807, 2.05) is 61.5 Å². The van der Waals surface area contributed by atoms with Gasteiger partial charge in [-0.2, -0.15) is 0 Å². The molecule has 0 aliphatic heterocycles. The molecule has 0 unspecified atom stereocenters. The normalized spacial score (nSPS) is 11.0. The summed E-state index contributed by atoms with van der Waals surface area (Å²) in [5.74, 6) is -0.0287. The molecular formula is C20H20ClN3O. The molecule has 0 bridgehead atoms. The Morgan fingerprint density at radius 2 is 1.96 bits per heavy atom. The molecule has 25 heavy (non-hydrogen) atoms. The molecule has 0 aliphatic carbocycles. The highest BCUT2D eigenvalue weighted by atomic mass is 35.5. The summed E-state index contributed by atoms with van der Waals surface area (Å²) in [6, 6.07) is 17.3. The highest BCUT2D eigenvalue weighted by Gasteiger charge is 2.10. The third-order valence-corrected chi connectivity index (χ3v) is 4.27. The number of pyridine rings is 1. The van der Waals surface area contributed by atoms with Gasteiger partial charge in [-0.05, 0) is 48.5 Å². The first-order valence-electron chi connectivity index (χ1n) is 8.25. The maximum Gasteiger partial charge on any atom is 0.238 e. The van der Waals surface area contributed by atoms with Crippen LogP contribution in [0.3, 0.4) is 0 Å². The van der Waals surface area contributed by atoms with Gasteiger partial charge in [0.15, 0.2) is 0 Å². The third kappa shape index (κ3) is 4.78. The number of carbonyl (C=O) groups is 1. The zero-order valence-corrected chi connectivity index (χ0v) is 14.8. The highest BCUT2D eigenvalue weighted by Crippen LogP contribution is 2.17. The van der Waals surface area contributed by atoms with Gasteiger partial charge in [0, 0.05) is 28.8 Å². The van der Waals surface area contributed by atoms with E-state index in [2.05, 4.69) is 15.2 Å². The number of likely N-dealkylation sites (N-methyl/N-ethyl adjacent to an activating group) is 1. The fourth-order valence-corrected chi connectivity index (χ4v) is 2.81. The molecule has 0 fully saturated rings. The number of aromatic nitrogens is 1. The Labute approximate surface area is 152 Å². The van der Waals surface area contributed by atoms with Crippen molar-refractivity contribution in [3.8, 4) is 0 Å². The van der Waals surface area contributed by atoms with Crippen molar-refractivity contribution < 1.29 is 4.79 Å². The molecular weight excluding hydrogens is 334 g/mol. The molecule has 128 valence electrons. The van der Waals surface area contributed by atoms with Gasteiger partial charge in [0.1, 0.15) is 0 Å². The van der Waals surface area contributed by atoms with E-state index >= 15 is 0 Å². The highest BCUT2D eigenvalue weighted by molar-refractivity contribution is 6.30. The minimum Gasteiger partial charge on any atom is -0.325 e. The molecule has 0 saturated carbocycles. The quantitative estimate of drug-likeness (QED) is 0.716. The predicted molar refractivity (Wildman–Crippen MR) is 103 cm³/mol. The van der Waals surface area contributed by atoms with Crippen molar-refractivity contribution in [2.75, 3.05) is 18.4 Å². The molecule has 0 atom stereocenters. The number of halogens is 1. The SMILES string of the molecule is CCN(CC(=O)Nc1ccc2ncccc2c1)Cc1ccc(Cl)cc1. The van der Waals surface area contributed by atoms with Crippen LogP contribution in [0.15, 0.2) is 60.8 Å². The largest absolute Gasteiger partial charge is 0.325 e. The molecule has 3 rings (SSSR count). The van der Waals surface area contributed by atoms with Crippen LogP contribution in [0, 0.1) is 0 Å². The third-order valence-electron chi connectivity index (χ3n) is 4.02. The monoisotopic (exact) mass is 353 g/mol. The fraction of sp³-hybridized carbons (Fsp3) is 0.200. The molecule has 4 nitrogen and oxygen atoms in total. The molecule has 2 aromatic carbocycles. The molecule has 1 N–H and O–H groups in total. The van der Waals surface area contributed by atoms with Gasteiger partial charge in [-0.1, -0.05) is 36.7 Å². The van der Waals surface area contributed by atoms with E-state index in [-0.39, 0.29) is 5.91 Å². The van der Waals surface area contributed by atoms with Gasteiger partial charge in [-0.3, -0.25) is 14.7 Å². The summed E-state index contributed by atoms with van der Waals surface area (Å²) >= 11 is 5.92. The predicted octanol–water partition coefficient (Wildman–Crippen LogP) is 4.35. The van der Waals surface area contributed by atoms with E-state index in [9.17, 15) is 4.79 Å². The number of amides is 1. The smallest absolute Gasteiger partial charge is 0.238 e. The van der Waals surface area contributed by atoms with E-state index in [0.717, 1.165) is 33.7 Å². The summed E-state index contributed by atoms with van der Waals surface area (Å²) in [6.07, 6.45) is 1.76. The summed E-state index contributed by atoms with van der Waals surface area (Å²) in [7, 11) is 0. The Hall–Kier alpha value is -2.43. The van der Waals surface area contributed by atoms with Gasteiger partial charge >= 0.3 is 0 Å². The standard InChI is InChI=1S/C20H20ClN3O/c1-2-24(13-15-5-7-17(21)8-6-15)14-20(25)23-18-9-10-19-16(12-18)4-3-11-22-19/h3-12H,2,13-14H2,1H3,(H,23,25). The number of rotatable bonds is 6. The Balaban J connectivity index is 1.62. The first kappa shape index (κ1) is 17.4. The Morgan fingerprint density at radius 3 is 2.72 bits per heavy atom. The van der Waals surface area contributed by atoms with Crippen LogP contribution in [0.1, 0.15) is 12.5 Å². The van der Waals surface area contributed by atoms with Crippen LogP contribution in [-0.4, -0.2) is 28.9 Å². The first-order valence-corrected chi connectivity index (χ1v) is 8.63. The molecule has 5 heteroatoms. The fourth-order valence-electron chi connectivity index (χ4n) is 2.68. The number of benzene rings is 2. The summed E-state index contributed by atoms with van der Waals surface area (Å²) in [5, 5.41) is 4.69. The minimum atomic E-state index is -0.0287. The molecule has 0 radical (unpaired) electrons. The maximum atomic E-state index is 12.4. The second-order valence-electron chi connectivity index (χ2n) is 5.89. The molecule has 1 aromatic heterocycles. The minimum absolute atomic E-state index is 0.0287. The molecule has 3 aromatic rings. The lowest BCUT2D eigenvalue weighted by molar-refractivity contribution is -0.117.